The van der Waals surface area contributed by atoms with Crippen LogP contribution in [0.2, 0.25) is 0 Å². The van der Waals surface area contributed by atoms with Crippen LogP contribution >= 0.6 is 11.3 Å². The standard InChI is InChI=1S/C54H36N4S/c1-54(2)45-25-12-9-22-38(45)41-31-42-39-23-10-13-26-47(39)58(48(42)32-46(41)54)37-21-15-20-35(28-37)36-29-43-40-24-11-14-27-49(40)59-50(43)44(30-36)53-56-51(33-16-5-3-6-17-33)55-52(57-53)34-18-7-4-8-19-34/h3-32H,1-2H3. The van der Waals surface area contributed by atoms with Gasteiger partial charge in [0.25, 0.3) is 0 Å². The van der Waals surface area contributed by atoms with E-state index in [9.17, 15) is 0 Å². The van der Waals surface area contributed by atoms with Crippen LogP contribution in [0.25, 0.3) is 104 Å². The fraction of sp³-hybridized carbons (Fsp3) is 0.0556. The summed E-state index contributed by atoms with van der Waals surface area (Å²) in [6.07, 6.45) is 0. The minimum Gasteiger partial charge on any atom is -0.309 e. The highest BCUT2D eigenvalue weighted by Gasteiger charge is 2.36. The predicted molar refractivity (Wildman–Crippen MR) is 246 cm³/mol. The van der Waals surface area contributed by atoms with E-state index in [-0.39, 0.29) is 5.41 Å². The lowest BCUT2D eigenvalue weighted by Gasteiger charge is -2.21. The number of aromatic nitrogens is 4. The quantitative estimate of drug-likeness (QED) is 0.175. The minimum atomic E-state index is -0.103. The highest BCUT2D eigenvalue weighted by atomic mass is 32.1. The SMILES string of the molecule is CC1(C)c2ccccc2-c2cc3c4ccccc4n(-c4cccc(-c5cc(-c6nc(-c7ccccc7)nc(-c7ccccc7)n6)c6sc7ccccc7c6c5)c4)c3cc21. The van der Waals surface area contributed by atoms with Gasteiger partial charge in [-0.3, -0.25) is 0 Å². The summed E-state index contributed by atoms with van der Waals surface area (Å²) in [5, 5.41) is 4.95. The van der Waals surface area contributed by atoms with Crippen LogP contribution in [0, 0.1) is 0 Å². The van der Waals surface area contributed by atoms with Crippen molar-refractivity contribution in [3.05, 3.63) is 193 Å². The number of para-hydroxylation sites is 1. The van der Waals surface area contributed by atoms with Gasteiger partial charge in [0.1, 0.15) is 0 Å². The second-order valence-corrected chi connectivity index (χ2v) is 17.1. The highest BCUT2D eigenvalue weighted by Crippen LogP contribution is 2.51. The summed E-state index contributed by atoms with van der Waals surface area (Å²) in [6, 6.07) is 65.4. The maximum atomic E-state index is 5.22. The zero-order chi connectivity index (χ0) is 39.2. The van der Waals surface area contributed by atoms with Gasteiger partial charge in [-0.2, -0.15) is 0 Å². The van der Waals surface area contributed by atoms with Crippen LogP contribution in [0.4, 0.5) is 0 Å². The largest absolute Gasteiger partial charge is 0.309 e. The van der Waals surface area contributed by atoms with E-state index in [0.717, 1.165) is 38.2 Å². The number of benzene rings is 8. The first-order valence-electron chi connectivity index (χ1n) is 20.1. The molecule has 8 aromatic carbocycles. The molecule has 12 rings (SSSR count). The summed E-state index contributed by atoms with van der Waals surface area (Å²) < 4.78 is 4.85. The zero-order valence-electron chi connectivity index (χ0n) is 32.5. The van der Waals surface area contributed by atoms with Crippen LogP contribution in [0.5, 0.6) is 0 Å². The van der Waals surface area contributed by atoms with Gasteiger partial charge in [-0.25, -0.2) is 15.0 Å². The van der Waals surface area contributed by atoms with Gasteiger partial charge in [0, 0.05) is 58.7 Å². The third-order valence-electron chi connectivity index (χ3n) is 12.2. The summed E-state index contributed by atoms with van der Waals surface area (Å²) in [5.74, 6) is 1.97. The first kappa shape index (κ1) is 33.9. The molecule has 1 aliphatic carbocycles. The van der Waals surface area contributed by atoms with Gasteiger partial charge in [-0.1, -0.05) is 147 Å². The first-order chi connectivity index (χ1) is 29.0. The van der Waals surface area contributed by atoms with Crippen molar-refractivity contribution in [2.75, 3.05) is 0 Å². The number of rotatable bonds is 5. The summed E-state index contributed by atoms with van der Waals surface area (Å²) in [7, 11) is 0. The average Bonchev–Trinajstić information content (AvgIpc) is 3.91. The molecule has 59 heavy (non-hydrogen) atoms. The lowest BCUT2D eigenvalue weighted by Crippen LogP contribution is -2.14. The number of fused-ring (bicyclic) bond motifs is 9. The molecule has 0 fully saturated rings. The maximum absolute atomic E-state index is 5.22. The van der Waals surface area contributed by atoms with Gasteiger partial charge in [-0.15, -0.1) is 11.3 Å². The van der Waals surface area contributed by atoms with Crippen molar-refractivity contribution < 1.29 is 0 Å². The summed E-state index contributed by atoms with van der Waals surface area (Å²) in [4.78, 5) is 15.4. The van der Waals surface area contributed by atoms with E-state index in [4.69, 9.17) is 15.0 Å². The van der Waals surface area contributed by atoms with E-state index < -0.39 is 0 Å². The molecule has 0 amide bonds. The van der Waals surface area contributed by atoms with E-state index in [1.807, 2.05) is 36.4 Å². The Morgan fingerprint density at radius 3 is 1.83 bits per heavy atom. The normalized spacial score (nSPS) is 13.1. The van der Waals surface area contributed by atoms with Gasteiger partial charge >= 0.3 is 0 Å². The van der Waals surface area contributed by atoms with E-state index in [1.165, 1.54) is 59.5 Å². The van der Waals surface area contributed by atoms with Gasteiger partial charge < -0.3 is 4.57 Å². The Morgan fingerprint density at radius 2 is 1.05 bits per heavy atom. The Labute approximate surface area is 345 Å². The highest BCUT2D eigenvalue weighted by molar-refractivity contribution is 7.26. The van der Waals surface area contributed by atoms with Crippen LogP contribution in [0.15, 0.2) is 182 Å². The molecule has 0 spiro atoms. The van der Waals surface area contributed by atoms with E-state index in [2.05, 4.69) is 164 Å². The number of nitrogens with zero attached hydrogens (tertiary/aromatic N) is 4. The molecule has 1 aliphatic rings. The number of hydrogen-bond acceptors (Lipinski definition) is 4. The van der Waals surface area contributed by atoms with E-state index in [1.54, 1.807) is 11.3 Å². The second kappa shape index (κ2) is 12.9. The number of hydrogen-bond donors (Lipinski definition) is 0. The molecule has 3 heterocycles. The van der Waals surface area contributed by atoms with E-state index in [0.29, 0.717) is 17.5 Å². The van der Waals surface area contributed by atoms with Crippen LogP contribution in [-0.4, -0.2) is 19.5 Å². The second-order valence-electron chi connectivity index (χ2n) is 16.0. The van der Waals surface area contributed by atoms with Gasteiger partial charge in [0.15, 0.2) is 17.5 Å². The summed E-state index contributed by atoms with van der Waals surface area (Å²) in [5.41, 5.74) is 14.0. The molecule has 0 radical (unpaired) electrons. The lowest BCUT2D eigenvalue weighted by molar-refractivity contribution is 0.661. The Morgan fingerprint density at radius 1 is 0.407 bits per heavy atom. The maximum Gasteiger partial charge on any atom is 0.165 e. The zero-order valence-corrected chi connectivity index (χ0v) is 33.3. The molecular formula is C54H36N4S. The molecule has 0 bridgehead atoms. The third-order valence-corrected chi connectivity index (χ3v) is 13.5. The summed E-state index contributed by atoms with van der Waals surface area (Å²) >= 11 is 1.79. The molecule has 3 aromatic heterocycles. The minimum absolute atomic E-state index is 0.103. The van der Waals surface area contributed by atoms with Crippen LogP contribution in [0.1, 0.15) is 25.0 Å². The van der Waals surface area contributed by atoms with Crippen LogP contribution in [-0.2, 0) is 5.41 Å². The molecule has 0 N–H and O–H groups in total. The van der Waals surface area contributed by atoms with Crippen molar-refractivity contribution in [3.63, 3.8) is 0 Å². The molecule has 0 aliphatic heterocycles. The predicted octanol–water partition coefficient (Wildman–Crippen LogP) is 14.3. The molecular weight excluding hydrogens is 737 g/mol. The molecule has 5 heteroatoms. The van der Waals surface area contributed by atoms with Crippen molar-refractivity contribution in [1.29, 1.82) is 0 Å². The van der Waals surface area contributed by atoms with Gasteiger partial charge in [0.2, 0.25) is 0 Å². The van der Waals surface area contributed by atoms with Crippen molar-refractivity contribution >= 4 is 53.3 Å². The van der Waals surface area contributed by atoms with Gasteiger partial charge in [-0.05, 0) is 81.9 Å². The third kappa shape index (κ3) is 5.25. The molecule has 0 saturated carbocycles. The first-order valence-corrected chi connectivity index (χ1v) is 20.9. The van der Waals surface area contributed by atoms with Crippen molar-refractivity contribution in [3.8, 4) is 62.1 Å². The van der Waals surface area contributed by atoms with Crippen molar-refractivity contribution in [2.24, 2.45) is 0 Å². The fourth-order valence-corrected chi connectivity index (χ4v) is 10.5. The molecule has 4 nitrogen and oxygen atoms in total. The van der Waals surface area contributed by atoms with Crippen LogP contribution in [0.3, 0.4) is 0 Å². The van der Waals surface area contributed by atoms with Crippen LogP contribution < -0.4 is 0 Å². The average molecular weight is 773 g/mol. The lowest BCUT2D eigenvalue weighted by atomic mass is 9.82. The molecule has 11 aromatic rings. The van der Waals surface area contributed by atoms with Crippen molar-refractivity contribution in [1.82, 2.24) is 19.5 Å². The molecule has 278 valence electrons. The topological polar surface area (TPSA) is 43.6 Å². The fourth-order valence-electron chi connectivity index (χ4n) is 9.35. The Hall–Kier alpha value is -7.21. The van der Waals surface area contributed by atoms with Crippen molar-refractivity contribution in [2.45, 2.75) is 19.3 Å². The number of thiophene rings is 1. The molecule has 0 atom stereocenters. The monoisotopic (exact) mass is 772 g/mol. The summed E-state index contributed by atoms with van der Waals surface area (Å²) in [6.45, 7) is 4.72. The molecule has 0 unspecified atom stereocenters. The Bertz CT molecular complexity index is 3410. The van der Waals surface area contributed by atoms with E-state index >= 15 is 0 Å². The van der Waals surface area contributed by atoms with Gasteiger partial charge in [0.05, 0.1) is 11.0 Å². The molecule has 0 saturated heterocycles. The Kier molecular flexibility index (Phi) is 7.41. The smallest absolute Gasteiger partial charge is 0.165 e. The Balaban J connectivity index is 1.08.